The van der Waals surface area contributed by atoms with Crippen molar-refractivity contribution in [2.24, 2.45) is 56.6 Å². The molecule has 0 bridgehead atoms. The molecule has 0 aromatic heterocycles. The molecule has 1 heterocycles. The smallest absolute Gasteiger partial charge is 0.317 e. The number of Topliss-reactive ketones (excluding diaryl/α,β-unsaturated/α-hetero) is 5. The van der Waals surface area contributed by atoms with Gasteiger partial charge in [-0.3, -0.25) is 86.9 Å². The van der Waals surface area contributed by atoms with E-state index in [4.69, 9.17) is 28.0 Å². The van der Waals surface area contributed by atoms with Gasteiger partial charge in [-0.25, -0.2) is 0 Å². The number of nitrogens with one attached hydrogen (secondary N) is 4. The lowest BCUT2D eigenvalue weighted by molar-refractivity contribution is -0.145. The van der Waals surface area contributed by atoms with E-state index in [1.165, 1.54) is 0 Å². The highest BCUT2D eigenvalue weighted by Gasteiger charge is 2.36. The van der Waals surface area contributed by atoms with E-state index < -0.39 is 132 Å². The minimum Gasteiger partial charge on any atom is -0.481 e. The Morgan fingerprint density at radius 3 is 1.31 bits per heavy atom. The van der Waals surface area contributed by atoms with E-state index >= 15 is 0 Å². The van der Waals surface area contributed by atoms with E-state index in [-0.39, 0.29) is 146 Å². The number of aliphatic imine (C=N–C) groups is 2. The summed E-state index contributed by atoms with van der Waals surface area (Å²) in [6.07, 6.45) is 6.05. The van der Waals surface area contributed by atoms with E-state index in [2.05, 4.69) is 36.2 Å². The normalized spacial score (nSPS) is 14.7. The lowest BCUT2D eigenvalue weighted by atomic mass is 9.88. The first-order valence-corrected chi connectivity index (χ1v) is 38.7. The summed E-state index contributed by atoms with van der Waals surface area (Å²) >= 11 is 0. The van der Waals surface area contributed by atoms with Gasteiger partial charge < -0.3 is 74.6 Å². The number of benzene rings is 2. The predicted molar refractivity (Wildman–Crippen MR) is 412 cm³/mol. The largest absolute Gasteiger partial charge is 0.481 e. The van der Waals surface area contributed by atoms with Crippen molar-refractivity contribution < 1.29 is 92.7 Å². The molecule has 0 aliphatic carbocycles. The number of hydrogen-bond donors (Lipinski definition) is 13. The summed E-state index contributed by atoms with van der Waals surface area (Å²) in [7, 11) is 1.94. The molecule has 17 N–H and O–H groups in total. The van der Waals surface area contributed by atoms with Gasteiger partial charge in [0.1, 0.15) is 11.6 Å². The maximum absolute atomic E-state index is 14.9. The van der Waals surface area contributed by atoms with Gasteiger partial charge >= 0.3 is 29.8 Å². The van der Waals surface area contributed by atoms with Crippen molar-refractivity contribution in [1.82, 2.24) is 36.0 Å². The van der Waals surface area contributed by atoms with Crippen LogP contribution in [0.15, 0.2) is 70.6 Å². The summed E-state index contributed by atoms with van der Waals surface area (Å²) in [6, 6.07) is 13.9. The number of likely N-dealkylation sites (N-methyl/N-ethyl adjacent to an activating group) is 1. The van der Waals surface area contributed by atoms with Crippen LogP contribution in [-0.4, -0.2) is 232 Å². The zero-order valence-electron chi connectivity index (χ0n) is 64.0. The third-order valence-corrected chi connectivity index (χ3v) is 19.4. The first-order valence-electron chi connectivity index (χ1n) is 38.7. The van der Waals surface area contributed by atoms with Crippen LogP contribution in [0.5, 0.6) is 0 Å². The second kappa shape index (κ2) is 54.9. The first-order chi connectivity index (χ1) is 52.5. The van der Waals surface area contributed by atoms with Crippen LogP contribution in [0.4, 0.5) is 0 Å². The predicted octanol–water partition coefficient (Wildman–Crippen LogP) is 4.18. The third kappa shape index (κ3) is 44.2. The van der Waals surface area contributed by atoms with Crippen molar-refractivity contribution in [2.75, 3.05) is 79.0 Å². The van der Waals surface area contributed by atoms with Crippen LogP contribution in [0.2, 0.25) is 0 Å². The monoisotopic (exact) mass is 1540 g/mol. The highest BCUT2D eigenvalue weighted by molar-refractivity contribution is 5.98. The molecule has 3 rings (SSSR count). The van der Waals surface area contributed by atoms with Gasteiger partial charge in [0.2, 0.25) is 23.6 Å². The fraction of sp³-hybridized carbons (Fsp3) is 0.641. The van der Waals surface area contributed by atoms with E-state index in [0.717, 1.165) is 24.8 Å². The van der Waals surface area contributed by atoms with Gasteiger partial charge in [-0.1, -0.05) is 112 Å². The van der Waals surface area contributed by atoms with Crippen molar-refractivity contribution in [3.63, 3.8) is 0 Å². The molecule has 0 saturated carbocycles. The molecule has 1 fully saturated rings. The maximum Gasteiger partial charge on any atom is 0.317 e. The minimum atomic E-state index is -1.64. The zero-order chi connectivity index (χ0) is 81.2. The van der Waals surface area contributed by atoms with Crippen LogP contribution in [0.3, 0.4) is 0 Å². The van der Waals surface area contributed by atoms with Crippen LogP contribution in [0.25, 0.3) is 0 Å². The second-order valence-electron chi connectivity index (χ2n) is 28.8. The van der Waals surface area contributed by atoms with Crippen molar-refractivity contribution in [1.29, 1.82) is 0 Å². The molecule has 32 heteroatoms. The molecule has 2 aromatic rings. The van der Waals surface area contributed by atoms with Crippen molar-refractivity contribution in [3.05, 3.63) is 71.8 Å². The molecule has 2 aromatic carbocycles. The number of aliphatic carboxylic acids is 5. The molecule has 0 radical (unpaired) electrons. The topological polar surface area (TPSA) is 527 Å². The summed E-state index contributed by atoms with van der Waals surface area (Å²) in [5.41, 5.74) is 23.7. The first kappa shape index (κ1) is 94.6. The van der Waals surface area contributed by atoms with Crippen LogP contribution < -0.4 is 44.2 Å². The Kier molecular flexibility index (Phi) is 47.3. The number of guanidine groups is 2. The van der Waals surface area contributed by atoms with Crippen LogP contribution >= 0.6 is 0 Å². The maximum atomic E-state index is 14.9. The minimum absolute atomic E-state index is 0.000252. The number of ketones is 5. The molecule has 4 amide bonds. The highest BCUT2D eigenvalue weighted by atomic mass is 16.4. The fourth-order valence-electron chi connectivity index (χ4n) is 13.0. The lowest BCUT2D eigenvalue weighted by Gasteiger charge is -2.26. The molecular weight excluding hydrogens is 1420 g/mol. The summed E-state index contributed by atoms with van der Waals surface area (Å²) in [6.45, 7) is 3.78. The Morgan fingerprint density at radius 2 is 0.818 bits per heavy atom. The molecule has 1 saturated heterocycles. The summed E-state index contributed by atoms with van der Waals surface area (Å²) in [4.78, 5) is 198. The van der Waals surface area contributed by atoms with Crippen LogP contribution in [0, 0.1) is 23.7 Å². The Labute approximate surface area is 644 Å². The van der Waals surface area contributed by atoms with Gasteiger partial charge in [-0.05, 0) is 102 Å². The number of hydrogen-bond acceptors (Lipinski definition) is 19. The van der Waals surface area contributed by atoms with E-state index in [1.54, 1.807) is 60.7 Å². The van der Waals surface area contributed by atoms with Gasteiger partial charge in [-0.2, -0.15) is 0 Å². The quantitative estimate of drug-likeness (QED) is 0.0251. The Hall–Kier alpha value is -9.56. The van der Waals surface area contributed by atoms with Gasteiger partial charge in [0.15, 0.2) is 29.3 Å². The molecule has 0 spiro atoms. The van der Waals surface area contributed by atoms with Gasteiger partial charge in [0.25, 0.3) is 0 Å². The van der Waals surface area contributed by atoms with Crippen molar-refractivity contribution in [3.8, 4) is 0 Å². The number of rotatable bonds is 61. The molecule has 0 unspecified atom stereocenters. The number of unbranched alkanes of at least 4 members (excludes halogenated alkanes) is 9. The van der Waals surface area contributed by atoms with E-state index in [9.17, 15) is 87.5 Å². The molecule has 612 valence electrons. The third-order valence-electron chi connectivity index (χ3n) is 19.4. The van der Waals surface area contributed by atoms with Crippen molar-refractivity contribution in [2.45, 2.75) is 217 Å². The van der Waals surface area contributed by atoms with Gasteiger partial charge in [0.05, 0.1) is 55.4 Å². The highest BCUT2D eigenvalue weighted by Crippen LogP contribution is 2.23. The van der Waals surface area contributed by atoms with E-state index in [1.807, 2.05) is 16.8 Å². The molecule has 1 aliphatic heterocycles. The molecule has 32 nitrogen and oxygen atoms in total. The lowest BCUT2D eigenvalue weighted by Crippen LogP contribution is -2.49. The van der Waals surface area contributed by atoms with Gasteiger partial charge in [0, 0.05) is 123 Å². The molecule has 7 atom stereocenters. The molecule has 1 aliphatic rings. The number of carbonyl (C=O) groups excluding carboxylic acids is 9. The Bertz CT molecular complexity index is 3300. The van der Waals surface area contributed by atoms with E-state index in [0.29, 0.717) is 115 Å². The van der Waals surface area contributed by atoms with Crippen LogP contribution in [0.1, 0.15) is 197 Å². The van der Waals surface area contributed by atoms with Crippen molar-refractivity contribution >= 4 is 94.3 Å². The number of carboxylic acid groups (broad SMARTS) is 5. The molecular formula is C78H121N13O19. The number of nitrogens with two attached hydrogens (primary N) is 4. The summed E-state index contributed by atoms with van der Waals surface area (Å²) < 4.78 is 0. The molecule has 110 heavy (non-hydrogen) atoms. The number of carboxylic acids is 5. The average molecular weight is 1540 g/mol. The average Bonchev–Trinajstić information content (AvgIpc) is 0.921. The summed E-state index contributed by atoms with van der Waals surface area (Å²) in [5.74, 6) is -15.6. The fourth-order valence-corrected chi connectivity index (χ4v) is 13.0. The Morgan fingerprint density at radius 1 is 0.391 bits per heavy atom. The second-order valence-corrected chi connectivity index (χ2v) is 28.8. The number of nitrogens with zero attached hydrogens (tertiary/aromatic N) is 5. The number of amides is 4. The summed E-state index contributed by atoms with van der Waals surface area (Å²) in [5, 5.41) is 59.1. The van der Waals surface area contributed by atoms with Crippen LogP contribution in [-0.2, 0) is 80.0 Å². The zero-order valence-corrected chi connectivity index (χ0v) is 64.0. The van der Waals surface area contributed by atoms with Gasteiger partial charge in [-0.15, -0.1) is 0 Å². The number of carbonyl (C=O) groups is 14. The Balaban J connectivity index is 1.70. The SMILES string of the molecule is CN1CCN(CC(=O)O)CCN(CC(=O)CCCCC[C@H](CC(=O)[C@H](CCCN=C(N)N)NC(=O)[C@H](CC(=O)O)CC(=O)[C@H](CCCN=C(N)N)NC(=O)[C@@H](CC(=O)[C@H](Cc2ccccc2)NC(=O)CCCCCCCCC(=O)CCCCC[C@H](CC(=O)NCCCC(=O)O)C(=O)O)Cc2ccccc2)C(=O)O)CC1. The standard InChI is InChI=1S/C78H121N13O19/c1-89-39-41-90(43-44-91(42-40-89)53-72(103)104)52-61(93)31-18-9-14-27-56(75(107)108)47-65(94)62(32-20-37-84-77(79)80)88-74(106)59(51-71(101)102)49-66(95)63(33-21-38-85-78(81)82)87-73(105)58(45-54-23-10-6-11-24-54)48-67(96)64(46-55-25-12-7-13-26-55)86-68(97)34-19-5-3-2-4-16-29-60(92)30-17-8-15-28-57(76(109)110)50-69(98)83-36-22-35-70(99)100/h6-7,10-13,23-26,56-59,62-64H,2-5,8-9,14-22,27-53H2,1H3,(H,83,98)(H,86,97)(H,87,105)(H,88,106)(H,99,100)(H,101,102)(H,103,104)(H,107,108)(H,109,110)(H4,79,80,84)(H4,81,82,85)/t56-,57-,58-,59+,62+,63+,64+/m1/s1.